The summed E-state index contributed by atoms with van der Waals surface area (Å²) in [6.07, 6.45) is 4.57. The third kappa shape index (κ3) is 3.71. The van der Waals surface area contributed by atoms with E-state index < -0.39 is 0 Å². The lowest BCUT2D eigenvalue weighted by Crippen LogP contribution is -2.31. The number of para-hydroxylation sites is 1. The number of aromatic nitrogens is 2. The van der Waals surface area contributed by atoms with Gasteiger partial charge < -0.3 is 10.2 Å². The second-order valence-electron chi connectivity index (χ2n) is 6.26. The second kappa shape index (κ2) is 7.68. The Balaban J connectivity index is 1.60. The van der Waals surface area contributed by atoms with Crippen molar-refractivity contribution in [2.75, 3.05) is 23.8 Å². The summed E-state index contributed by atoms with van der Waals surface area (Å²) in [5.74, 6) is 1.02. The minimum absolute atomic E-state index is 0.217. The van der Waals surface area contributed by atoms with Crippen molar-refractivity contribution in [3.8, 4) is 0 Å². The zero-order valence-electron chi connectivity index (χ0n) is 14.4. The molecule has 1 N–H and O–H groups in total. The molecule has 6 heteroatoms. The summed E-state index contributed by atoms with van der Waals surface area (Å²) >= 11 is 5.26. The van der Waals surface area contributed by atoms with Crippen LogP contribution in [0, 0.1) is 0 Å². The first-order valence-corrected chi connectivity index (χ1v) is 10.1. The molecule has 1 aliphatic heterocycles. The predicted molar refractivity (Wildman–Crippen MR) is 111 cm³/mol. The molecule has 0 bridgehead atoms. The maximum absolute atomic E-state index is 4.46. The van der Waals surface area contributed by atoms with E-state index in [0.29, 0.717) is 0 Å². The third-order valence-electron chi connectivity index (χ3n) is 4.47. The van der Waals surface area contributed by atoms with Crippen LogP contribution < -0.4 is 10.2 Å². The molecule has 2 heterocycles. The monoisotopic (exact) mass is 426 g/mol. The predicted octanol–water partition coefficient (Wildman–Crippen LogP) is 5.38. The van der Waals surface area contributed by atoms with Crippen LogP contribution in [-0.4, -0.2) is 23.6 Å². The summed E-state index contributed by atoms with van der Waals surface area (Å²) in [7, 11) is 2.08. The van der Waals surface area contributed by atoms with E-state index in [1.165, 1.54) is 9.79 Å². The van der Waals surface area contributed by atoms with Gasteiger partial charge in [0.25, 0.3) is 0 Å². The molecular weight excluding hydrogens is 408 g/mol. The Labute approximate surface area is 166 Å². The van der Waals surface area contributed by atoms with Crippen molar-refractivity contribution in [1.29, 1.82) is 0 Å². The highest BCUT2D eigenvalue weighted by Crippen LogP contribution is 2.38. The molecule has 3 aromatic rings. The van der Waals surface area contributed by atoms with Crippen LogP contribution in [0.3, 0.4) is 0 Å². The van der Waals surface area contributed by atoms with Gasteiger partial charge in [-0.3, -0.25) is 0 Å². The molecule has 1 aliphatic rings. The molecule has 0 saturated heterocycles. The Morgan fingerprint density at radius 1 is 1.15 bits per heavy atom. The van der Waals surface area contributed by atoms with E-state index >= 15 is 0 Å². The fourth-order valence-corrected chi connectivity index (χ4v) is 4.30. The first-order chi connectivity index (χ1) is 12.7. The molecule has 4 nitrogen and oxygen atoms in total. The zero-order valence-corrected chi connectivity index (χ0v) is 16.8. The van der Waals surface area contributed by atoms with Crippen LogP contribution in [-0.2, 0) is 0 Å². The molecule has 0 aliphatic carbocycles. The van der Waals surface area contributed by atoms with Crippen LogP contribution in [0.5, 0.6) is 0 Å². The number of hydrogen-bond acceptors (Lipinski definition) is 5. The van der Waals surface area contributed by atoms with Gasteiger partial charge in [-0.15, -0.1) is 0 Å². The van der Waals surface area contributed by atoms with Crippen molar-refractivity contribution in [1.82, 2.24) is 9.97 Å². The lowest BCUT2D eigenvalue weighted by molar-refractivity contribution is 0.634. The number of nitrogens with one attached hydrogen (secondary N) is 1. The first kappa shape index (κ1) is 17.4. The maximum atomic E-state index is 4.46. The number of nitrogens with zero attached hydrogens (tertiary/aromatic N) is 3. The van der Waals surface area contributed by atoms with Gasteiger partial charge in [0, 0.05) is 45.3 Å². The van der Waals surface area contributed by atoms with Gasteiger partial charge in [-0.1, -0.05) is 39.8 Å². The number of rotatable bonds is 4. The van der Waals surface area contributed by atoms with Gasteiger partial charge in [0.1, 0.15) is 12.1 Å². The largest absolute Gasteiger partial charge is 0.377 e. The quantitative estimate of drug-likeness (QED) is 0.605. The molecule has 4 rings (SSSR count). The average Bonchev–Trinajstić information content (AvgIpc) is 2.67. The van der Waals surface area contributed by atoms with Crippen LogP contribution in [0.2, 0.25) is 0 Å². The number of fused-ring (bicyclic) bond motifs is 1. The fourth-order valence-electron chi connectivity index (χ4n) is 3.12. The Hall–Kier alpha value is -2.05. The van der Waals surface area contributed by atoms with E-state index in [4.69, 9.17) is 0 Å². The minimum atomic E-state index is 0.217. The SMILES string of the molecule is CN1CCC(Nc2ccccc2Sc2ccc(Br)cc2)c2cncnc21. The molecule has 1 aromatic heterocycles. The van der Waals surface area contributed by atoms with Crippen molar-refractivity contribution in [2.45, 2.75) is 22.3 Å². The Bertz CT molecular complexity index is 900. The van der Waals surface area contributed by atoms with Crippen molar-refractivity contribution < 1.29 is 0 Å². The van der Waals surface area contributed by atoms with Crippen LogP contribution in [0.15, 0.2) is 75.3 Å². The summed E-state index contributed by atoms with van der Waals surface area (Å²) < 4.78 is 1.09. The normalized spacial score (nSPS) is 16.2. The van der Waals surface area contributed by atoms with E-state index in [1.807, 2.05) is 6.20 Å². The summed E-state index contributed by atoms with van der Waals surface area (Å²) in [5, 5.41) is 3.72. The van der Waals surface area contributed by atoms with E-state index in [0.717, 1.165) is 34.5 Å². The van der Waals surface area contributed by atoms with Crippen molar-refractivity contribution in [3.63, 3.8) is 0 Å². The molecule has 2 aromatic carbocycles. The number of halogens is 1. The molecule has 132 valence electrons. The fraction of sp³-hybridized carbons (Fsp3) is 0.200. The van der Waals surface area contributed by atoms with Crippen molar-refractivity contribution >= 4 is 39.2 Å². The molecule has 0 spiro atoms. The van der Waals surface area contributed by atoms with E-state index in [9.17, 15) is 0 Å². The minimum Gasteiger partial charge on any atom is -0.377 e. The third-order valence-corrected chi connectivity index (χ3v) is 6.08. The molecule has 0 saturated carbocycles. The average molecular weight is 427 g/mol. The molecule has 0 amide bonds. The highest BCUT2D eigenvalue weighted by Gasteiger charge is 2.25. The summed E-state index contributed by atoms with van der Waals surface area (Å²) in [4.78, 5) is 13.3. The Morgan fingerprint density at radius 2 is 1.96 bits per heavy atom. The summed E-state index contributed by atoms with van der Waals surface area (Å²) in [6.45, 7) is 0.976. The van der Waals surface area contributed by atoms with E-state index in [-0.39, 0.29) is 6.04 Å². The lowest BCUT2D eigenvalue weighted by atomic mass is 10.0. The van der Waals surface area contributed by atoms with E-state index in [1.54, 1.807) is 18.1 Å². The van der Waals surface area contributed by atoms with Crippen LogP contribution >= 0.6 is 27.7 Å². The molecule has 1 unspecified atom stereocenters. The smallest absolute Gasteiger partial charge is 0.136 e. The maximum Gasteiger partial charge on any atom is 0.136 e. The van der Waals surface area contributed by atoms with Crippen molar-refractivity contribution in [2.24, 2.45) is 0 Å². The molecule has 0 radical (unpaired) electrons. The Kier molecular flexibility index (Phi) is 5.13. The van der Waals surface area contributed by atoms with Crippen molar-refractivity contribution in [3.05, 3.63) is 71.1 Å². The highest BCUT2D eigenvalue weighted by atomic mass is 79.9. The van der Waals surface area contributed by atoms with Crippen LogP contribution in [0.4, 0.5) is 11.5 Å². The van der Waals surface area contributed by atoms with Gasteiger partial charge in [-0.25, -0.2) is 9.97 Å². The molecule has 1 atom stereocenters. The van der Waals surface area contributed by atoms with Gasteiger partial charge >= 0.3 is 0 Å². The number of hydrogen-bond donors (Lipinski definition) is 1. The van der Waals surface area contributed by atoms with Gasteiger partial charge in [0.05, 0.1) is 6.04 Å². The second-order valence-corrected chi connectivity index (χ2v) is 8.29. The van der Waals surface area contributed by atoms with Gasteiger partial charge in [-0.2, -0.15) is 0 Å². The first-order valence-electron chi connectivity index (χ1n) is 8.51. The Morgan fingerprint density at radius 3 is 2.81 bits per heavy atom. The molecule has 0 fully saturated rings. The summed E-state index contributed by atoms with van der Waals surface area (Å²) in [5.41, 5.74) is 2.30. The molecule has 26 heavy (non-hydrogen) atoms. The number of anilines is 2. The highest BCUT2D eigenvalue weighted by molar-refractivity contribution is 9.10. The summed E-state index contributed by atoms with van der Waals surface area (Å²) in [6, 6.07) is 17.1. The standard InChI is InChI=1S/C20H19BrN4S/c1-25-11-10-17(16-12-22-13-23-20(16)25)24-18-4-2-3-5-19(18)26-15-8-6-14(21)7-9-15/h2-9,12-13,17,24H,10-11H2,1H3. The lowest BCUT2D eigenvalue weighted by Gasteiger charge is -2.32. The van der Waals surface area contributed by atoms with Gasteiger partial charge in [0.2, 0.25) is 0 Å². The van der Waals surface area contributed by atoms with E-state index in [2.05, 4.69) is 91.7 Å². The number of benzene rings is 2. The van der Waals surface area contributed by atoms with Crippen LogP contribution in [0.1, 0.15) is 18.0 Å². The molecular formula is C20H19BrN4S. The van der Waals surface area contributed by atoms with Crippen LogP contribution in [0.25, 0.3) is 0 Å². The topological polar surface area (TPSA) is 41.0 Å². The van der Waals surface area contributed by atoms with Gasteiger partial charge in [-0.05, 0) is 42.8 Å². The zero-order chi connectivity index (χ0) is 17.9. The van der Waals surface area contributed by atoms with Gasteiger partial charge in [0.15, 0.2) is 0 Å².